The minimum atomic E-state index is -4.77. The van der Waals surface area contributed by atoms with Gasteiger partial charge in [0, 0.05) is 11.4 Å². The number of imidazole rings is 1. The minimum absolute atomic E-state index is 0.118. The van der Waals surface area contributed by atoms with Crippen molar-refractivity contribution >= 4 is 34.3 Å². The number of nitrogen functional groups attached to an aromatic ring is 2. The number of nitrogens with zero attached hydrogens (tertiary/aromatic N) is 2. The van der Waals surface area contributed by atoms with Crippen LogP contribution >= 0.6 is 0 Å². The first-order chi connectivity index (χ1) is 12.2. The second-order valence-corrected chi connectivity index (χ2v) is 5.42. The summed E-state index contributed by atoms with van der Waals surface area (Å²) in [7, 11) is 0. The molecule has 0 aliphatic carbocycles. The van der Waals surface area contributed by atoms with E-state index in [1.807, 2.05) is 0 Å². The predicted molar refractivity (Wildman–Crippen MR) is 90.3 cm³/mol. The number of aromatic nitrogens is 2. The number of nitrogens with one attached hydrogen (secondary N) is 1. The maximum absolute atomic E-state index is 12.2. The first kappa shape index (κ1) is 17.4. The highest BCUT2D eigenvalue weighted by Gasteiger charge is 2.30. The number of carbonyl (C=O) groups excluding carboxylic acids is 1. The van der Waals surface area contributed by atoms with Crippen LogP contribution in [0.4, 0.5) is 30.5 Å². The highest BCUT2D eigenvalue weighted by atomic mass is 19.4. The summed E-state index contributed by atoms with van der Waals surface area (Å²) >= 11 is 0. The molecule has 0 fully saturated rings. The fourth-order valence-corrected chi connectivity index (χ4v) is 2.42. The van der Waals surface area contributed by atoms with Crippen LogP contribution in [0.25, 0.3) is 11.0 Å². The van der Waals surface area contributed by atoms with E-state index in [1.165, 1.54) is 16.7 Å². The van der Waals surface area contributed by atoms with Gasteiger partial charge in [0.1, 0.15) is 12.3 Å². The van der Waals surface area contributed by atoms with E-state index >= 15 is 0 Å². The summed E-state index contributed by atoms with van der Waals surface area (Å²) in [6.07, 6.45) is -4.77. The monoisotopic (exact) mass is 365 g/mol. The van der Waals surface area contributed by atoms with E-state index in [2.05, 4.69) is 15.0 Å². The van der Waals surface area contributed by atoms with Gasteiger partial charge in [-0.15, -0.1) is 13.2 Å². The molecule has 0 saturated heterocycles. The van der Waals surface area contributed by atoms with Crippen molar-refractivity contribution in [2.75, 3.05) is 16.8 Å². The number of ether oxygens (including phenoxy) is 1. The van der Waals surface area contributed by atoms with Crippen LogP contribution in [0.2, 0.25) is 0 Å². The van der Waals surface area contributed by atoms with Crippen molar-refractivity contribution in [2.24, 2.45) is 0 Å². The third-order valence-corrected chi connectivity index (χ3v) is 3.48. The van der Waals surface area contributed by atoms with Gasteiger partial charge >= 0.3 is 6.36 Å². The van der Waals surface area contributed by atoms with Gasteiger partial charge in [-0.3, -0.25) is 4.79 Å². The number of rotatable bonds is 4. The van der Waals surface area contributed by atoms with Gasteiger partial charge in [0.2, 0.25) is 11.9 Å². The van der Waals surface area contributed by atoms with Crippen LogP contribution in [-0.4, -0.2) is 21.8 Å². The van der Waals surface area contributed by atoms with Gasteiger partial charge < -0.3 is 26.1 Å². The molecule has 1 aromatic heterocycles. The van der Waals surface area contributed by atoms with Crippen molar-refractivity contribution < 1.29 is 22.7 Å². The fraction of sp³-hybridized carbons (Fsp3) is 0.125. The van der Waals surface area contributed by atoms with E-state index < -0.39 is 12.3 Å². The van der Waals surface area contributed by atoms with Crippen molar-refractivity contribution in [1.29, 1.82) is 0 Å². The molecule has 2 aromatic carbocycles. The van der Waals surface area contributed by atoms with E-state index in [4.69, 9.17) is 11.5 Å². The zero-order valence-electron chi connectivity index (χ0n) is 13.2. The Labute approximate surface area is 145 Å². The zero-order chi connectivity index (χ0) is 18.9. The van der Waals surface area contributed by atoms with E-state index in [1.54, 1.807) is 18.2 Å². The van der Waals surface area contributed by atoms with E-state index in [0.717, 1.165) is 12.1 Å². The van der Waals surface area contributed by atoms with Crippen LogP contribution in [0.15, 0.2) is 42.5 Å². The highest BCUT2D eigenvalue weighted by Crippen LogP contribution is 2.24. The number of hydrogen-bond donors (Lipinski definition) is 3. The quantitative estimate of drug-likeness (QED) is 0.616. The lowest BCUT2D eigenvalue weighted by Gasteiger charge is -2.10. The molecule has 1 heterocycles. The summed E-state index contributed by atoms with van der Waals surface area (Å²) in [6, 6.07) is 9.81. The molecule has 0 aliphatic heterocycles. The molecular weight excluding hydrogens is 351 g/mol. The Kier molecular flexibility index (Phi) is 4.33. The molecule has 0 radical (unpaired) electrons. The normalized spacial score (nSPS) is 11.5. The second kappa shape index (κ2) is 6.47. The number of alkyl halides is 3. The van der Waals surface area contributed by atoms with Crippen molar-refractivity contribution in [3.8, 4) is 5.75 Å². The lowest BCUT2D eigenvalue weighted by molar-refractivity contribution is -0.274. The van der Waals surface area contributed by atoms with Crippen LogP contribution in [0.3, 0.4) is 0 Å². The number of benzene rings is 2. The maximum Gasteiger partial charge on any atom is 0.573 e. The minimum Gasteiger partial charge on any atom is -0.406 e. The van der Waals surface area contributed by atoms with Crippen LogP contribution < -0.4 is 21.5 Å². The topological polar surface area (TPSA) is 108 Å². The molecule has 1 amide bonds. The maximum atomic E-state index is 12.2. The smallest absolute Gasteiger partial charge is 0.406 e. The van der Waals surface area contributed by atoms with Crippen molar-refractivity contribution in [3.63, 3.8) is 0 Å². The Morgan fingerprint density at radius 3 is 2.50 bits per heavy atom. The van der Waals surface area contributed by atoms with Crippen LogP contribution in [0, 0.1) is 0 Å². The molecule has 0 atom stereocenters. The fourth-order valence-electron chi connectivity index (χ4n) is 2.42. The number of anilines is 3. The Morgan fingerprint density at radius 1 is 1.15 bits per heavy atom. The van der Waals surface area contributed by atoms with Gasteiger partial charge in [-0.1, -0.05) is 0 Å². The predicted octanol–water partition coefficient (Wildman–Crippen LogP) is 2.74. The molecule has 0 saturated carbocycles. The molecule has 0 spiro atoms. The molecule has 0 aliphatic rings. The second-order valence-electron chi connectivity index (χ2n) is 5.42. The lowest BCUT2D eigenvalue weighted by Crippen LogP contribution is -2.20. The SMILES string of the molecule is Nc1ccc2c(c1)nc(N)n2CC(=O)Nc1ccc(OC(F)(F)F)cc1. The number of carbonyl (C=O) groups is 1. The van der Waals surface area contributed by atoms with Crippen molar-refractivity contribution in [1.82, 2.24) is 9.55 Å². The number of nitrogens with two attached hydrogens (primary N) is 2. The van der Waals surface area contributed by atoms with Crippen LogP contribution in [0.5, 0.6) is 5.75 Å². The zero-order valence-corrected chi connectivity index (χ0v) is 13.2. The molecule has 0 bridgehead atoms. The molecule has 26 heavy (non-hydrogen) atoms. The third-order valence-electron chi connectivity index (χ3n) is 3.48. The first-order valence-corrected chi connectivity index (χ1v) is 7.38. The van der Waals surface area contributed by atoms with E-state index in [0.29, 0.717) is 22.4 Å². The van der Waals surface area contributed by atoms with Gasteiger partial charge in [-0.25, -0.2) is 4.98 Å². The van der Waals surface area contributed by atoms with E-state index in [9.17, 15) is 18.0 Å². The third kappa shape index (κ3) is 3.97. The van der Waals surface area contributed by atoms with Gasteiger partial charge in [0.05, 0.1) is 11.0 Å². The molecule has 7 nitrogen and oxygen atoms in total. The Hall–Kier alpha value is -3.43. The average molecular weight is 365 g/mol. The number of amides is 1. The summed E-state index contributed by atoms with van der Waals surface area (Å²) < 4.78 is 41.7. The summed E-state index contributed by atoms with van der Waals surface area (Å²) in [5.74, 6) is -0.648. The summed E-state index contributed by atoms with van der Waals surface area (Å²) in [6.45, 7) is -0.118. The first-order valence-electron chi connectivity index (χ1n) is 7.38. The summed E-state index contributed by atoms with van der Waals surface area (Å²) in [4.78, 5) is 16.3. The molecule has 10 heteroatoms. The van der Waals surface area contributed by atoms with E-state index in [-0.39, 0.29) is 18.2 Å². The molecule has 0 unspecified atom stereocenters. The van der Waals surface area contributed by atoms with Gasteiger partial charge in [-0.05, 0) is 42.5 Å². The van der Waals surface area contributed by atoms with Crippen molar-refractivity contribution in [2.45, 2.75) is 12.9 Å². The summed E-state index contributed by atoms with van der Waals surface area (Å²) in [5, 5.41) is 2.57. The molecule has 136 valence electrons. The Bertz CT molecular complexity index is 951. The largest absolute Gasteiger partial charge is 0.573 e. The van der Waals surface area contributed by atoms with Gasteiger partial charge in [0.25, 0.3) is 0 Å². The summed E-state index contributed by atoms with van der Waals surface area (Å²) in [5.41, 5.74) is 13.6. The Balaban J connectivity index is 1.70. The lowest BCUT2D eigenvalue weighted by atomic mass is 10.3. The highest BCUT2D eigenvalue weighted by molar-refractivity contribution is 5.92. The van der Waals surface area contributed by atoms with Crippen molar-refractivity contribution in [3.05, 3.63) is 42.5 Å². The van der Waals surface area contributed by atoms with Gasteiger partial charge in [-0.2, -0.15) is 0 Å². The molecule has 3 aromatic rings. The van der Waals surface area contributed by atoms with Crippen LogP contribution in [-0.2, 0) is 11.3 Å². The van der Waals surface area contributed by atoms with Gasteiger partial charge in [0.15, 0.2) is 0 Å². The Morgan fingerprint density at radius 2 is 1.85 bits per heavy atom. The number of hydrogen-bond acceptors (Lipinski definition) is 5. The number of halogens is 3. The average Bonchev–Trinajstić information content (AvgIpc) is 2.83. The molecular formula is C16H14F3N5O2. The molecule has 5 N–H and O–H groups in total. The van der Waals surface area contributed by atoms with Crippen LogP contribution in [0.1, 0.15) is 0 Å². The number of fused-ring (bicyclic) bond motifs is 1. The molecule has 3 rings (SSSR count). The standard InChI is InChI=1S/C16H14F3N5O2/c17-16(18,19)26-11-4-2-10(3-5-11)22-14(25)8-24-13-6-1-9(20)7-12(13)23-15(24)21/h1-7H,8,20H2,(H2,21,23)(H,22,25).